The predicted octanol–water partition coefficient (Wildman–Crippen LogP) is 3.78. The van der Waals surface area contributed by atoms with Crippen LogP contribution in [0.1, 0.15) is 47.6 Å². The van der Waals surface area contributed by atoms with E-state index < -0.39 is 0 Å². The predicted molar refractivity (Wildman–Crippen MR) is 92.0 cm³/mol. The molecule has 0 saturated carbocycles. The number of fused-ring (bicyclic) bond motifs is 2. The van der Waals surface area contributed by atoms with Crippen LogP contribution in [0.15, 0.2) is 18.5 Å². The summed E-state index contributed by atoms with van der Waals surface area (Å²) in [5, 5.41) is 3.67. The average Bonchev–Trinajstić information content (AvgIpc) is 2.89. The van der Waals surface area contributed by atoms with E-state index >= 15 is 0 Å². The molecule has 0 unspecified atom stereocenters. The topological polar surface area (TPSA) is 47.0 Å². The van der Waals surface area contributed by atoms with Crippen molar-refractivity contribution in [1.82, 2.24) is 15.3 Å². The van der Waals surface area contributed by atoms with Crippen molar-refractivity contribution in [3.8, 4) is 0 Å². The summed E-state index contributed by atoms with van der Waals surface area (Å²) in [5.74, 6) is 0. The maximum atomic E-state index is 6.37. The average molecular weight is 350 g/mol. The van der Waals surface area contributed by atoms with Crippen LogP contribution in [-0.2, 0) is 16.8 Å². The Hall–Kier alpha value is -1.01. The molecular formula is C17H20ClN3OS. The Morgan fingerprint density at radius 3 is 3.00 bits per heavy atom. The molecule has 0 bridgehead atoms. The van der Waals surface area contributed by atoms with Crippen molar-refractivity contribution in [3.05, 3.63) is 44.6 Å². The second-order valence-corrected chi connectivity index (χ2v) is 8.24. The molecule has 3 atom stereocenters. The Bertz CT molecular complexity index is 734. The standard InChI is InChI=1S/C17H20ClN3OS/c1-10-8-17(16-12(3-6-22-17)7-14(18)23-16)9-13(21-10)15-11(2)19-4-5-20-15/h4-5,7,10,13,21H,3,6,8-9H2,1-2H3/t10-,13-,17-/m0/s1. The number of aromatic nitrogens is 2. The zero-order chi connectivity index (χ0) is 16.0. The summed E-state index contributed by atoms with van der Waals surface area (Å²) in [7, 11) is 0. The number of aryl methyl sites for hydroxylation is 1. The minimum Gasteiger partial charge on any atom is -0.369 e. The van der Waals surface area contributed by atoms with Crippen LogP contribution in [0.3, 0.4) is 0 Å². The third-order valence-corrected chi connectivity index (χ3v) is 6.34. The number of hydrogen-bond acceptors (Lipinski definition) is 5. The van der Waals surface area contributed by atoms with Crippen molar-refractivity contribution in [2.75, 3.05) is 6.61 Å². The first kappa shape index (κ1) is 15.5. The second-order valence-electron chi connectivity index (χ2n) is 6.55. The van der Waals surface area contributed by atoms with Crippen LogP contribution in [0.25, 0.3) is 0 Å². The molecule has 1 fully saturated rings. The van der Waals surface area contributed by atoms with Crippen molar-refractivity contribution in [2.45, 2.75) is 50.8 Å². The Morgan fingerprint density at radius 1 is 1.35 bits per heavy atom. The van der Waals surface area contributed by atoms with Crippen molar-refractivity contribution < 1.29 is 4.74 Å². The van der Waals surface area contributed by atoms with E-state index in [0.717, 1.165) is 41.6 Å². The van der Waals surface area contributed by atoms with Crippen molar-refractivity contribution in [1.29, 1.82) is 0 Å². The molecule has 2 aromatic heterocycles. The molecule has 1 spiro atoms. The molecule has 6 heteroatoms. The van der Waals surface area contributed by atoms with Gasteiger partial charge in [0.25, 0.3) is 0 Å². The Balaban J connectivity index is 1.74. The van der Waals surface area contributed by atoms with Crippen LogP contribution in [0, 0.1) is 6.92 Å². The van der Waals surface area contributed by atoms with Gasteiger partial charge in [0.2, 0.25) is 0 Å². The smallest absolute Gasteiger partial charge is 0.106 e. The molecule has 0 aliphatic carbocycles. The van der Waals surface area contributed by atoms with Gasteiger partial charge in [0.05, 0.1) is 28.4 Å². The summed E-state index contributed by atoms with van der Waals surface area (Å²) in [5.41, 5.74) is 3.12. The van der Waals surface area contributed by atoms with E-state index in [2.05, 4.69) is 28.3 Å². The fourth-order valence-corrected chi connectivity index (χ4v) is 5.46. The van der Waals surface area contributed by atoms with E-state index in [1.54, 1.807) is 23.7 Å². The van der Waals surface area contributed by atoms with Crippen LogP contribution in [0.2, 0.25) is 4.34 Å². The van der Waals surface area contributed by atoms with Crippen LogP contribution in [0.4, 0.5) is 0 Å². The highest BCUT2D eigenvalue weighted by Crippen LogP contribution is 2.49. The molecule has 23 heavy (non-hydrogen) atoms. The van der Waals surface area contributed by atoms with Crippen LogP contribution >= 0.6 is 22.9 Å². The van der Waals surface area contributed by atoms with Gasteiger partial charge in [-0.05, 0) is 38.3 Å². The summed E-state index contributed by atoms with van der Waals surface area (Å²) >= 11 is 7.97. The van der Waals surface area contributed by atoms with E-state index in [1.165, 1.54) is 10.4 Å². The van der Waals surface area contributed by atoms with Gasteiger partial charge in [0, 0.05) is 29.7 Å². The number of ether oxygens (including phenoxy) is 1. The van der Waals surface area contributed by atoms with Crippen LogP contribution in [0.5, 0.6) is 0 Å². The Morgan fingerprint density at radius 2 is 2.17 bits per heavy atom. The number of rotatable bonds is 1. The highest BCUT2D eigenvalue weighted by molar-refractivity contribution is 7.16. The minimum absolute atomic E-state index is 0.152. The van der Waals surface area contributed by atoms with E-state index in [0.29, 0.717) is 6.04 Å². The van der Waals surface area contributed by atoms with E-state index in [-0.39, 0.29) is 11.6 Å². The van der Waals surface area contributed by atoms with Crippen LogP contribution < -0.4 is 5.32 Å². The number of halogens is 1. The molecular weight excluding hydrogens is 330 g/mol. The Labute approximate surface area is 145 Å². The maximum absolute atomic E-state index is 6.37. The lowest BCUT2D eigenvalue weighted by molar-refractivity contribution is -0.0958. The quantitative estimate of drug-likeness (QED) is 0.851. The zero-order valence-electron chi connectivity index (χ0n) is 13.3. The number of hydrogen-bond donors (Lipinski definition) is 1. The highest BCUT2D eigenvalue weighted by Gasteiger charge is 2.46. The molecule has 0 radical (unpaired) electrons. The summed E-state index contributed by atoms with van der Waals surface area (Å²) in [4.78, 5) is 10.3. The summed E-state index contributed by atoms with van der Waals surface area (Å²) in [6, 6.07) is 2.61. The van der Waals surface area contributed by atoms with Gasteiger partial charge in [-0.3, -0.25) is 9.97 Å². The van der Waals surface area contributed by atoms with E-state index in [9.17, 15) is 0 Å². The van der Waals surface area contributed by atoms with Gasteiger partial charge < -0.3 is 10.1 Å². The molecule has 0 aromatic carbocycles. The molecule has 1 saturated heterocycles. The van der Waals surface area contributed by atoms with Gasteiger partial charge in [0.1, 0.15) is 5.60 Å². The van der Waals surface area contributed by atoms with Gasteiger partial charge in [-0.2, -0.15) is 0 Å². The number of piperidine rings is 1. The number of nitrogens with zero attached hydrogens (tertiary/aromatic N) is 2. The van der Waals surface area contributed by atoms with Gasteiger partial charge in [0.15, 0.2) is 0 Å². The number of nitrogens with one attached hydrogen (secondary N) is 1. The SMILES string of the molecule is Cc1nccnc1[C@@H]1C[C@]2(C[C@H](C)N1)OCCc1cc(Cl)sc12. The van der Waals surface area contributed by atoms with Crippen molar-refractivity contribution in [2.24, 2.45) is 0 Å². The van der Waals surface area contributed by atoms with Gasteiger partial charge in [-0.1, -0.05) is 11.6 Å². The van der Waals surface area contributed by atoms with Crippen molar-refractivity contribution in [3.63, 3.8) is 0 Å². The summed E-state index contributed by atoms with van der Waals surface area (Å²) in [6.45, 7) is 5.00. The van der Waals surface area contributed by atoms with Crippen LogP contribution in [-0.4, -0.2) is 22.6 Å². The van der Waals surface area contributed by atoms with E-state index in [1.807, 2.05) is 6.92 Å². The summed E-state index contributed by atoms with van der Waals surface area (Å²) < 4.78 is 7.23. The molecule has 4 nitrogen and oxygen atoms in total. The second kappa shape index (κ2) is 5.81. The normalized spacial score (nSPS) is 30.4. The molecule has 2 aromatic rings. The molecule has 1 N–H and O–H groups in total. The van der Waals surface area contributed by atoms with Gasteiger partial charge in [-0.25, -0.2) is 0 Å². The molecule has 4 heterocycles. The van der Waals surface area contributed by atoms with Crippen molar-refractivity contribution >= 4 is 22.9 Å². The monoisotopic (exact) mass is 349 g/mol. The minimum atomic E-state index is -0.245. The van der Waals surface area contributed by atoms with Gasteiger partial charge >= 0.3 is 0 Å². The largest absolute Gasteiger partial charge is 0.369 e. The van der Waals surface area contributed by atoms with E-state index in [4.69, 9.17) is 16.3 Å². The third kappa shape index (κ3) is 2.70. The number of thiophene rings is 1. The Kier molecular flexibility index (Phi) is 3.92. The highest BCUT2D eigenvalue weighted by atomic mass is 35.5. The first-order valence-electron chi connectivity index (χ1n) is 8.03. The molecule has 2 aliphatic rings. The molecule has 122 valence electrons. The third-order valence-electron chi connectivity index (χ3n) is 4.85. The lowest BCUT2D eigenvalue weighted by Crippen LogP contribution is -2.50. The lowest BCUT2D eigenvalue weighted by atomic mass is 9.79. The molecule has 4 rings (SSSR count). The fourth-order valence-electron chi connectivity index (χ4n) is 4.00. The summed E-state index contributed by atoms with van der Waals surface area (Å²) in [6.07, 6.45) is 6.31. The maximum Gasteiger partial charge on any atom is 0.106 e. The molecule has 2 aliphatic heterocycles. The lowest BCUT2D eigenvalue weighted by Gasteiger charge is -2.46. The first-order chi connectivity index (χ1) is 11.1. The molecule has 0 amide bonds. The van der Waals surface area contributed by atoms with Gasteiger partial charge in [-0.15, -0.1) is 11.3 Å². The first-order valence-corrected chi connectivity index (χ1v) is 9.23. The fraction of sp³-hybridized carbons (Fsp3) is 0.529. The zero-order valence-corrected chi connectivity index (χ0v) is 14.9.